The van der Waals surface area contributed by atoms with Gasteiger partial charge in [-0.05, 0) is 25.0 Å². The summed E-state index contributed by atoms with van der Waals surface area (Å²) in [6.07, 6.45) is 3.28. The Morgan fingerprint density at radius 2 is 1.83 bits per heavy atom. The highest BCUT2D eigenvalue weighted by Crippen LogP contribution is 2.12. The second-order valence-electron chi connectivity index (χ2n) is 5.88. The molecule has 24 heavy (non-hydrogen) atoms. The molecule has 0 aliphatic rings. The summed E-state index contributed by atoms with van der Waals surface area (Å²) in [5.74, 6) is -0.112. The van der Waals surface area contributed by atoms with Gasteiger partial charge in [-0.3, -0.25) is 14.3 Å². The molecule has 0 fully saturated rings. The quantitative estimate of drug-likeness (QED) is 0.679. The van der Waals surface area contributed by atoms with Crippen LogP contribution in [0.1, 0.15) is 27.2 Å². The van der Waals surface area contributed by atoms with E-state index in [2.05, 4.69) is 5.10 Å². The molecule has 0 atom stereocenters. The minimum absolute atomic E-state index is 0.0262. The highest BCUT2D eigenvalue weighted by Gasteiger charge is 2.15. The van der Waals surface area contributed by atoms with E-state index in [0.29, 0.717) is 12.1 Å². The number of aromatic nitrogens is 3. The number of hydrogen-bond donors (Lipinski definition) is 0. The van der Waals surface area contributed by atoms with Crippen molar-refractivity contribution in [2.75, 3.05) is 0 Å². The van der Waals surface area contributed by atoms with E-state index in [1.165, 1.54) is 10.6 Å². The molecular formula is C19H19N3O2. The molecule has 2 aromatic heterocycles. The van der Waals surface area contributed by atoms with Crippen LogP contribution in [0.3, 0.4) is 0 Å². The van der Waals surface area contributed by atoms with Crippen LogP contribution in [0.5, 0.6) is 0 Å². The highest BCUT2D eigenvalue weighted by molar-refractivity contribution is 5.96. The van der Waals surface area contributed by atoms with Gasteiger partial charge in [-0.2, -0.15) is 5.10 Å². The predicted octanol–water partition coefficient (Wildman–Crippen LogP) is 2.59. The van der Waals surface area contributed by atoms with E-state index >= 15 is 0 Å². The second kappa shape index (κ2) is 6.66. The highest BCUT2D eigenvalue weighted by atomic mass is 16.1. The summed E-state index contributed by atoms with van der Waals surface area (Å²) in [5, 5.41) is 4.32. The van der Waals surface area contributed by atoms with Gasteiger partial charge in [0.2, 0.25) is 0 Å². The molecule has 5 heteroatoms. The Morgan fingerprint density at radius 3 is 2.58 bits per heavy atom. The number of carbonyl (C=O) groups is 1. The van der Waals surface area contributed by atoms with Crippen molar-refractivity contribution >= 4 is 5.78 Å². The maximum atomic E-state index is 12.6. The fraction of sp³-hybridized carbons (Fsp3) is 0.211. The van der Waals surface area contributed by atoms with E-state index in [9.17, 15) is 9.59 Å². The lowest BCUT2D eigenvalue weighted by molar-refractivity contribution is 0.0970. The van der Waals surface area contributed by atoms with Crippen LogP contribution in [0.4, 0.5) is 0 Å². The van der Waals surface area contributed by atoms with E-state index in [0.717, 1.165) is 16.8 Å². The average molecular weight is 321 g/mol. The maximum Gasteiger partial charge on any atom is 0.250 e. The molecule has 0 saturated carbocycles. The molecule has 0 aliphatic carbocycles. The fourth-order valence-electron chi connectivity index (χ4n) is 2.65. The minimum Gasteiger partial charge on any atom is -0.307 e. The molecule has 0 bridgehead atoms. The Balaban J connectivity index is 1.81. The Labute approximate surface area is 140 Å². The number of hydrogen-bond acceptors (Lipinski definition) is 3. The van der Waals surface area contributed by atoms with Gasteiger partial charge in [-0.25, -0.2) is 0 Å². The molecule has 122 valence electrons. The molecule has 3 rings (SSSR count). The number of pyridine rings is 1. The number of benzene rings is 1. The predicted molar refractivity (Wildman–Crippen MR) is 92.3 cm³/mol. The molecule has 0 unspecified atom stereocenters. The van der Waals surface area contributed by atoms with Crippen LogP contribution in [-0.2, 0) is 13.1 Å². The number of aryl methyl sites for hydroxylation is 1. The van der Waals surface area contributed by atoms with E-state index < -0.39 is 0 Å². The number of carbonyl (C=O) groups excluding carboxylic acids is 1. The minimum atomic E-state index is -0.178. The summed E-state index contributed by atoms with van der Waals surface area (Å²) >= 11 is 0. The van der Waals surface area contributed by atoms with Crippen molar-refractivity contribution in [2.24, 2.45) is 0 Å². The molecular weight excluding hydrogens is 302 g/mol. The van der Waals surface area contributed by atoms with Crippen LogP contribution in [0, 0.1) is 13.8 Å². The summed E-state index contributed by atoms with van der Waals surface area (Å²) < 4.78 is 3.24. The molecule has 0 saturated heterocycles. The molecule has 3 aromatic rings. The summed E-state index contributed by atoms with van der Waals surface area (Å²) in [7, 11) is 0. The van der Waals surface area contributed by atoms with E-state index in [-0.39, 0.29) is 17.9 Å². The number of rotatable bonds is 5. The lowest BCUT2D eigenvalue weighted by Crippen LogP contribution is -2.23. The third-order valence-electron chi connectivity index (χ3n) is 4.02. The van der Waals surface area contributed by atoms with Gasteiger partial charge >= 0.3 is 0 Å². The van der Waals surface area contributed by atoms with E-state index in [4.69, 9.17) is 0 Å². The average Bonchev–Trinajstić information content (AvgIpc) is 2.93. The van der Waals surface area contributed by atoms with Gasteiger partial charge in [-0.1, -0.05) is 36.4 Å². The third kappa shape index (κ3) is 3.35. The Hall–Kier alpha value is -2.95. The molecule has 5 nitrogen and oxygen atoms in total. The van der Waals surface area contributed by atoms with Crippen molar-refractivity contribution in [3.05, 3.63) is 87.6 Å². The van der Waals surface area contributed by atoms with Crippen molar-refractivity contribution in [1.82, 2.24) is 14.3 Å². The van der Waals surface area contributed by atoms with Crippen molar-refractivity contribution in [1.29, 1.82) is 0 Å². The summed E-state index contributed by atoms with van der Waals surface area (Å²) in [6, 6.07) is 13.2. The third-order valence-corrected chi connectivity index (χ3v) is 4.02. The fourth-order valence-corrected chi connectivity index (χ4v) is 2.65. The number of ketones is 1. The van der Waals surface area contributed by atoms with Crippen LogP contribution in [0.25, 0.3) is 0 Å². The van der Waals surface area contributed by atoms with Gasteiger partial charge in [0.05, 0.1) is 24.8 Å². The molecule has 0 spiro atoms. The normalized spacial score (nSPS) is 10.8. The Morgan fingerprint density at radius 1 is 1.08 bits per heavy atom. The van der Waals surface area contributed by atoms with Gasteiger partial charge in [0.15, 0.2) is 5.78 Å². The van der Waals surface area contributed by atoms with Crippen molar-refractivity contribution in [3.8, 4) is 0 Å². The lowest BCUT2D eigenvalue weighted by atomic mass is 10.1. The summed E-state index contributed by atoms with van der Waals surface area (Å²) in [6.45, 7) is 4.41. The van der Waals surface area contributed by atoms with Crippen LogP contribution in [0.2, 0.25) is 0 Å². The van der Waals surface area contributed by atoms with Crippen LogP contribution < -0.4 is 5.56 Å². The van der Waals surface area contributed by atoms with Gasteiger partial charge < -0.3 is 4.57 Å². The topological polar surface area (TPSA) is 56.9 Å². The van der Waals surface area contributed by atoms with E-state index in [1.807, 2.05) is 48.9 Å². The van der Waals surface area contributed by atoms with Crippen LogP contribution in [-0.4, -0.2) is 20.1 Å². The first-order valence-corrected chi connectivity index (χ1v) is 7.81. The summed E-state index contributed by atoms with van der Waals surface area (Å²) in [5.41, 5.74) is 3.25. The first-order chi connectivity index (χ1) is 11.5. The Kier molecular flexibility index (Phi) is 4.42. The zero-order chi connectivity index (χ0) is 17.1. The second-order valence-corrected chi connectivity index (χ2v) is 5.88. The number of Topliss-reactive ketones (excluding diaryl/α,β-unsaturated/α-hetero) is 1. The molecule has 2 heterocycles. The molecule has 0 amide bonds. The van der Waals surface area contributed by atoms with Crippen molar-refractivity contribution in [2.45, 2.75) is 26.9 Å². The molecule has 1 aromatic carbocycles. The van der Waals surface area contributed by atoms with Crippen LogP contribution in [0.15, 0.2) is 59.7 Å². The van der Waals surface area contributed by atoms with Crippen LogP contribution >= 0.6 is 0 Å². The van der Waals surface area contributed by atoms with Crippen molar-refractivity contribution in [3.63, 3.8) is 0 Å². The zero-order valence-electron chi connectivity index (χ0n) is 13.8. The number of nitrogens with zero attached hydrogens (tertiary/aromatic N) is 3. The molecule has 0 radical (unpaired) electrons. The summed E-state index contributed by atoms with van der Waals surface area (Å²) in [4.78, 5) is 24.4. The first kappa shape index (κ1) is 15.9. The maximum absolute atomic E-state index is 12.6. The Bertz CT molecular complexity index is 923. The van der Waals surface area contributed by atoms with Gasteiger partial charge in [0.25, 0.3) is 5.56 Å². The van der Waals surface area contributed by atoms with E-state index in [1.54, 1.807) is 18.5 Å². The largest absolute Gasteiger partial charge is 0.307 e. The monoisotopic (exact) mass is 321 g/mol. The SMILES string of the molecule is Cc1ccc(=O)n(CC(=O)c2cnn(Cc3ccccc3)c2C)c1. The smallest absolute Gasteiger partial charge is 0.250 e. The standard InChI is InChI=1S/C19H19N3O2/c1-14-8-9-19(24)21(11-14)13-18(23)17-10-20-22(15(17)2)12-16-6-4-3-5-7-16/h3-11H,12-13H2,1-2H3. The van der Waals surface area contributed by atoms with Crippen molar-refractivity contribution < 1.29 is 4.79 Å². The van der Waals surface area contributed by atoms with Gasteiger partial charge in [0, 0.05) is 18.0 Å². The van der Waals surface area contributed by atoms with Gasteiger partial charge in [0.1, 0.15) is 0 Å². The molecule has 0 aliphatic heterocycles. The van der Waals surface area contributed by atoms with Gasteiger partial charge in [-0.15, -0.1) is 0 Å². The first-order valence-electron chi connectivity index (χ1n) is 7.81. The zero-order valence-corrected chi connectivity index (χ0v) is 13.8. The lowest BCUT2D eigenvalue weighted by Gasteiger charge is -2.07. The molecule has 0 N–H and O–H groups in total.